The van der Waals surface area contributed by atoms with Gasteiger partial charge in [0.05, 0.1) is 0 Å². The highest BCUT2D eigenvalue weighted by Crippen LogP contribution is 2.34. The molecule has 1 aliphatic carbocycles. The summed E-state index contributed by atoms with van der Waals surface area (Å²) in [5.74, 6) is -1.09. The number of sulfonamides is 1. The van der Waals surface area contributed by atoms with Crippen LogP contribution < -0.4 is 10.5 Å². The Morgan fingerprint density at radius 3 is 2.40 bits per heavy atom. The number of rotatable bonds is 8. The summed E-state index contributed by atoms with van der Waals surface area (Å²) >= 11 is 0. The Morgan fingerprint density at radius 2 is 1.87 bits per heavy atom. The molecule has 0 fully saturated rings. The van der Waals surface area contributed by atoms with E-state index in [-0.39, 0.29) is 12.8 Å². The SMILES string of the molecule is COC1(S(=O)(=O)Nc2ccc(CC(N)C(=O)O)cc2)C=CC(c2ccccc2)=CC1. The van der Waals surface area contributed by atoms with Gasteiger partial charge in [0.15, 0.2) is 0 Å². The molecule has 0 heterocycles. The third-order valence-electron chi connectivity index (χ3n) is 5.01. The van der Waals surface area contributed by atoms with Crippen LogP contribution in [0.4, 0.5) is 5.69 Å². The number of ether oxygens (including phenoxy) is 1. The number of hydrogen-bond acceptors (Lipinski definition) is 5. The lowest BCUT2D eigenvalue weighted by molar-refractivity contribution is -0.138. The summed E-state index contributed by atoms with van der Waals surface area (Å²) in [4.78, 5) is 9.34. The molecule has 2 atom stereocenters. The number of methoxy groups -OCH3 is 1. The van der Waals surface area contributed by atoms with Crippen molar-refractivity contribution in [3.8, 4) is 0 Å². The van der Waals surface area contributed by atoms with E-state index in [9.17, 15) is 13.2 Å². The van der Waals surface area contributed by atoms with Crippen LogP contribution in [0.2, 0.25) is 0 Å². The smallest absolute Gasteiger partial charge is 0.320 e. The number of allylic oxidation sites excluding steroid dienone is 2. The van der Waals surface area contributed by atoms with Gasteiger partial charge in [-0.25, -0.2) is 8.42 Å². The molecule has 158 valence electrons. The Bertz CT molecular complexity index is 1060. The second-order valence-electron chi connectivity index (χ2n) is 7.03. The summed E-state index contributed by atoms with van der Waals surface area (Å²) < 4.78 is 34.2. The van der Waals surface area contributed by atoms with E-state index < -0.39 is 27.0 Å². The van der Waals surface area contributed by atoms with Crippen LogP contribution in [0.1, 0.15) is 17.5 Å². The number of nitrogens with two attached hydrogens (primary N) is 1. The van der Waals surface area contributed by atoms with Gasteiger partial charge in [0.1, 0.15) is 6.04 Å². The molecule has 4 N–H and O–H groups in total. The van der Waals surface area contributed by atoms with Crippen LogP contribution >= 0.6 is 0 Å². The van der Waals surface area contributed by atoms with E-state index in [0.29, 0.717) is 11.3 Å². The minimum atomic E-state index is -3.93. The van der Waals surface area contributed by atoms with Gasteiger partial charge >= 0.3 is 5.97 Å². The second kappa shape index (κ2) is 8.83. The van der Waals surface area contributed by atoms with Gasteiger partial charge in [-0.1, -0.05) is 54.6 Å². The highest BCUT2D eigenvalue weighted by Gasteiger charge is 2.42. The normalized spacial score (nSPS) is 19.7. The monoisotopic (exact) mass is 428 g/mol. The zero-order chi connectivity index (χ0) is 21.8. The predicted molar refractivity (Wildman–Crippen MR) is 116 cm³/mol. The van der Waals surface area contributed by atoms with Crippen molar-refractivity contribution in [2.75, 3.05) is 11.8 Å². The number of carbonyl (C=O) groups is 1. The van der Waals surface area contributed by atoms with E-state index in [1.165, 1.54) is 7.11 Å². The molecule has 3 rings (SSSR count). The molecule has 1 aliphatic rings. The van der Waals surface area contributed by atoms with Crippen molar-refractivity contribution >= 4 is 27.3 Å². The standard InChI is InChI=1S/C22H24N2O5S/c1-29-22(13-11-18(12-14-22)17-5-3-2-4-6-17)30(27,28)24-19-9-7-16(8-10-19)15-20(23)21(25)26/h2-13,20,24H,14-15,23H2,1H3,(H,25,26). The summed E-state index contributed by atoms with van der Waals surface area (Å²) in [7, 11) is -2.56. The van der Waals surface area contributed by atoms with Crippen LogP contribution in [-0.2, 0) is 26.0 Å². The molecule has 8 heteroatoms. The number of hydrogen-bond donors (Lipinski definition) is 3. The Kier molecular flexibility index (Phi) is 6.40. The lowest BCUT2D eigenvalue weighted by Crippen LogP contribution is -2.43. The van der Waals surface area contributed by atoms with Crippen molar-refractivity contribution in [3.05, 3.63) is 84.0 Å². The summed E-state index contributed by atoms with van der Waals surface area (Å²) in [6.07, 6.45) is 5.45. The van der Waals surface area contributed by atoms with Gasteiger partial charge in [-0.3, -0.25) is 9.52 Å². The van der Waals surface area contributed by atoms with Crippen molar-refractivity contribution < 1.29 is 23.1 Å². The molecule has 0 bridgehead atoms. The molecule has 0 aromatic heterocycles. The number of aliphatic carboxylic acids is 1. The largest absolute Gasteiger partial charge is 0.480 e. The molecule has 0 amide bonds. The van der Waals surface area contributed by atoms with E-state index in [1.54, 1.807) is 36.4 Å². The van der Waals surface area contributed by atoms with E-state index in [0.717, 1.165) is 11.1 Å². The fourth-order valence-corrected chi connectivity index (χ4v) is 4.59. The minimum absolute atomic E-state index is 0.153. The molecule has 0 spiro atoms. The number of anilines is 1. The van der Waals surface area contributed by atoms with Gasteiger partial charge in [-0.05, 0) is 41.3 Å². The van der Waals surface area contributed by atoms with Crippen molar-refractivity contribution in [3.63, 3.8) is 0 Å². The lowest BCUT2D eigenvalue weighted by Gasteiger charge is -2.31. The van der Waals surface area contributed by atoms with Gasteiger partial charge in [0.25, 0.3) is 10.0 Å². The quantitative estimate of drug-likeness (QED) is 0.595. The van der Waals surface area contributed by atoms with E-state index >= 15 is 0 Å². The Hall–Kier alpha value is -2.94. The minimum Gasteiger partial charge on any atom is -0.480 e. The van der Waals surface area contributed by atoms with Gasteiger partial charge in [0.2, 0.25) is 4.93 Å². The van der Waals surface area contributed by atoms with Crippen LogP contribution in [0.3, 0.4) is 0 Å². The van der Waals surface area contributed by atoms with Gasteiger partial charge in [-0.2, -0.15) is 0 Å². The fraction of sp³-hybridized carbons (Fsp3) is 0.227. The summed E-state index contributed by atoms with van der Waals surface area (Å²) in [6.45, 7) is 0. The molecule has 0 aliphatic heterocycles. The molecule has 0 radical (unpaired) electrons. The van der Waals surface area contributed by atoms with Gasteiger partial charge < -0.3 is 15.6 Å². The fourth-order valence-electron chi connectivity index (χ4n) is 3.20. The van der Waals surface area contributed by atoms with Crippen molar-refractivity contribution in [1.29, 1.82) is 0 Å². The van der Waals surface area contributed by atoms with Crippen molar-refractivity contribution in [2.24, 2.45) is 5.73 Å². The molecular formula is C22H24N2O5S. The topological polar surface area (TPSA) is 119 Å². The van der Waals surface area contributed by atoms with Crippen LogP contribution in [0.25, 0.3) is 5.57 Å². The van der Waals surface area contributed by atoms with Crippen LogP contribution in [0, 0.1) is 0 Å². The summed E-state index contributed by atoms with van der Waals surface area (Å²) in [6, 6.07) is 15.1. The molecule has 2 aromatic carbocycles. The maximum Gasteiger partial charge on any atom is 0.320 e. The molecule has 2 unspecified atom stereocenters. The summed E-state index contributed by atoms with van der Waals surface area (Å²) in [5, 5.41) is 8.90. The van der Waals surface area contributed by atoms with Crippen molar-refractivity contribution in [1.82, 2.24) is 0 Å². The third kappa shape index (κ3) is 4.62. The first-order valence-corrected chi connectivity index (χ1v) is 10.8. The van der Waals surface area contributed by atoms with Gasteiger partial charge in [-0.15, -0.1) is 0 Å². The number of carboxylic acids is 1. The number of nitrogens with one attached hydrogen (secondary N) is 1. The van der Waals surface area contributed by atoms with Crippen LogP contribution in [0.15, 0.2) is 72.8 Å². The highest BCUT2D eigenvalue weighted by molar-refractivity contribution is 7.94. The first-order valence-electron chi connectivity index (χ1n) is 9.36. The predicted octanol–water partition coefficient (Wildman–Crippen LogP) is 2.77. The summed E-state index contributed by atoms with van der Waals surface area (Å²) in [5.41, 5.74) is 8.51. The zero-order valence-electron chi connectivity index (χ0n) is 16.5. The first-order chi connectivity index (χ1) is 14.3. The average Bonchev–Trinajstić information content (AvgIpc) is 2.75. The molecule has 7 nitrogen and oxygen atoms in total. The molecular weight excluding hydrogens is 404 g/mol. The molecule has 0 saturated carbocycles. The first kappa shape index (κ1) is 21.8. The average molecular weight is 429 g/mol. The number of benzene rings is 2. The zero-order valence-corrected chi connectivity index (χ0v) is 17.3. The van der Waals surface area contributed by atoms with E-state index in [1.807, 2.05) is 36.4 Å². The van der Waals surface area contributed by atoms with E-state index in [4.69, 9.17) is 15.6 Å². The van der Waals surface area contributed by atoms with Crippen molar-refractivity contribution in [2.45, 2.75) is 23.8 Å². The maximum atomic E-state index is 13.1. The highest BCUT2D eigenvalue weighted by atomic mass is 32.2. The molecule has 2 aromatic rings. The van der Waals surface area contributed by atoms with Crippen LogP contribution in [-0.4, -0.2) is 37.6 Å². The Labute approximate surface area is 175 Å². The second-order valence-corrected chi connectivity index (χ2v) is 8.93. The van der Waals surface area contributed by atoms with Gasteiger partial charge in [0, 0.05) is 19.2 Å². The Balaban J connectivity index is 1.75. The van der Waals surface area contributed by atoms with E-state index in [2.05, 4.69) is 4.72 Å². The third-order valence-corrected chi connectivity index (χ3v) is 6.89. The molecule has 0 saturated heterocycles. The lowest BCUT2D eigenvalue weighted by atomic mass is 9.98. The molecule has 30 heavy (non-hydrogen) atoms. The Morgan fingerprint density at radius 1 is 1.20 bits per heavy atom. The maximum absolute atomic E-state index is 13.1. The number of carboxylic acid groups (broad SMARTS) is 1. The van der Waals surface area contributed by atoms with Crippen LogP contribution in [0.5, 0.6) is 0 Å².